The van der Waals surface area contributed by atoms with E-state index in [0.29, 0.717) is 34.0 Å². The maximum atomic E-state index is 13.8. The van der Waals surface area contributed by atoms with Crippen molar-refractivity contribution < 1.29 is 19.1 Å². The van der Waals surface area contributed by atoms with Gasteiger partial charge in [0.2, 0.25) is 17.7 Å². The van der Waals surface area contributed by atoms with E-state index in [0.717, 1.165) is 12.0 Å². The quantitative estimate of drug-likeness (QED) is 0.308. The zero-order chi connectivity index (χ0) is 26.7. The highest BCUT2D eigenvalue weighted by atomic mass is 35.5. The Morgan fingerprint density at radius 2 is 1.49 bits per heavy atom. The van der Waals surface area contributed by atoms with E-state index in [1.807, 2.05) is 42.5 Å². The lowest BCUT2D eigenvalue weighted by Gasteiger charge is -2.37. The third-order valence-corrected chi connectivity index (χ3v) is 9.08. The minimum Gasteiger partial charge on any atom is -0.456 e. The Bertz CT molecular complexity index is 1450. The molecule has 8 rings (SSSR count). The number of hydrogen-bond acceptors (Lipinski definition) is 4. The molecule has 3 aromatic rings. The summed E-state index contributed by atoms with van der Waals surface area (Å²) in [5.41, 5.74) is 1.43. The van der Waals surface area contributed by atoms with Gasteiger partial charge in [0, 0.05) is 12.1 Å². The van der Waals surface area contributed by atoms with E-state index in [9.17, 15) is 14.4 Å². The Kier molecular flexibility index (Phi) is 5.81. The van der Waals surface area contributed by atoms with Crippen LogP contribution >= 0.6 is 11.6 Å². The zero-order valence-electron chi connectivity index (χ0n) is 21.1. The van der Waals surface area contributed by atoms with Crippen LogP contribution in [0.2, 0.25) is 5.02 Å². The van der Waals surface area contributed by atoms with Crippen molar-refractivity contribution in [2.24, 2.45) is 35.5 Å². The molecule has 0 unspecified atom stereocenters. The second-order valence-electron chi connectivity index (χ2n) is 11.0. The van der Waals surface area contributed by atoms with Gasteiger partial charge in [-0.15, -0.1) is 0 Å². The van der Waals surface area contributed by atoms with Gasteiger partial charge in [-0.3, -0.25) is 19.3 Å². The number of hydrogen-bond donors (Lipinski definition) is 1. The number of para-hydroxylation sites is 1. The lowest BCUT2D eigenvalue weighted by atomic mass is 9.63. The number of nitrogens with one attached hydrogen (secondary N) is 1. The van der Waals surface area contributed by atoms with Gasteiger partial charge in [0.25, 0.3) is 0 Å². The van der Waals surface area contributed by atoms with Gasteiger partial charge in [0.1, 0.15) is 17.5 Å². The first kappa shape index (κ1) is 24.2. The number of nitrogens with zero attached hydrogens (tertiary/aromatic N) is 1. The van der Waals surface area contributed by atoms with Crippen molar-refractivity contribution in [1.82, 2.24) is 4.90 Å². The summed E-state index contributed by atoms with van der Waals surface area (Å²) >= 11 is 6.19. The van der Waals surface area contributed by atoms with Crippen molar-refractivity contribution in [3.63, 3.8) is 0 Å². The van der Waals surface area contributed by atoms with Gasteiger partial charge < -0.3 is 10.1 Å². The molecule has 6 nitrogen and oxygen atoms in total. The standard InChI is InChI=1S/C32H27ClN2O4/c33-25-8-4-5-9-27(25)39-20-12-10-19(11-13-20)34-30(36)26(16-18-6-2-1-3-7-18)35-31(37)28-21-14-15-22(24-17-23(21)24)29(28)32(35)38/h1-15,21-24,26,28-29H,16-17H2,(H,34,36)/t21-,22-,23-,24+,26-,28+,29+/m0/s1. The summed E-state index contributed by atoms with van der Waals surface area (Å²) < 4.78 is 5.85. The highest BCUT2D eigenvalue weighted by molar-refractivity contribution is 6.32. The lowest BCUT2D eigenvalue weighted by Crippen LogP contribution is -2.49. The van der Waals surface area contributed by atoms with Gasteiger partial charge in [0.15, 0.2) is 0 Å². The third-order valence-electron chi connectivity index (χ3n) is 8.77. The Labute approximate surface area is 231 Å². The van der Waals surface area contributed by atoms with Crippen molar-refractivity contribution in [3.05, 3.63) is 102 Å². The van der Waals surface area contributed by atoms with E-state index >= 15 is 0 Å². The number of halogens is 1. The summed E-state index contributed by atoms with van der Waals surface area (Å²) in [5, 5.41) is 3.44. The number of amides is 3. The van der Waals surface area contributed by atoms with E-state index in [2.05, 4.69) is 17.5 Å². The molecule has 2 saturated carbocycles. The molecule has 1 N–H and O–H groups in total. The smallest absolute Gasteiger partial charge is 0.248 e. The summed E-state index contributed by atoms with van der Waals surface area (Å²) in [6.07, 6.45) is 5.65. The van der Waals surface area contributed by atoms with Crippen LogP contribution in [0, 0.1) is 35.5 Å². The average Bonchev–Trinajstić information content (AvgIpc) is 3.73. The fraction of sp³-hybridized carbons (Fsp3) is 0.281. The number of carbonyl (C=O) groups is 3. The van der Waals surface area contributed by atoms with Crippen molar-refractivity contribution in [2.75, 3.05) is 5.32 Å². The molecular formula is C32H27ClN2O4. The number of benzene rings is 3. The van der Waals surface area contributed by atoms with Crippen molar-refractivity contribution in [1.29, 1.82) is 0 Å². The molecule has 5 aliphatic rings. The fourth-order valence-electron chi connectivity index (χ4n) is 6.91. The molecule has 3 fully saturated rings. The highest BCUT2D eigenvalue weighted by Gasteiger charge is 2.67. The molecule has 1 aliphatic heterocycles. The molecule has 0 spiro atoms. The molecule has 196 valence electrons. The first-order chi connectivity index (χ1) is 19.0. The Morgan fingerprint density at radius 1 is 0.872 bits per heavy atom. The van der Waals surface area contributed by atoms with E-state index in [4.69, 9.17) is 16.3 Å². The van der Waals surface area contributed by atoms with Crippen LogP contribution in [0.15, 0.2) is 91.0 Å². The molecule has 1 heterocycles. The number of likely N-dealkylation sites (tertiary alicyclic amines) is 1. The lowest BCUT2D eigenvalue weighted by molar-refractivity contribution is -0.146. The molecule has 3 amide bonds. The SMILES string of the molecule is O=C(Nc1ccc(Oc2ccccc2Cl)cc1)[C@H](Cc1ccccc1)N1C(=O)[C@@H]2[C@H]3C=C[C@@H]([C@@H]4C[C@H]34)[C@H]2C1=O. The molecule has 0 radical (unpaired) electrons. The first-order valence-electron chi connectivity index (χ1n) is 13.4. The number of allylic oxidation sites excluding steroid dienone is 2. The summed E-state index contributed by atoms with van der Waals surface area (Å²) in [6.45, 7) is 0. The van der Waals surface area contributed by atoms with Crippen LogP contribution in [0.1, 0.15) is 12.0 Å². The maximum Gasteiger partial charge on any atom is 0.248 e. The molecule has 2 bridgehead atoms. The number of imide groups is 1. The minimum absolute atomic E-state index is 0.109. The van der Waals surface area contributed by atoms with Crippen LogP contribution in [0.25, 0.3) is 0 Å². The van der Waals surface area contributed by atoms with Gasteiger partial charge in [-0.05, 0) is 72.1 Å². The second kappa shape index (κ2) is 9.38. The molecule has 0 aromatic heterocycles. The predicted molar refractivity (Wildman–Crippen MR) is 147 cm³/mol. The van der Waals surface area contributed by atoms with Crippen LogP contribution in [0.3, 0.4) is 0 Å². The van der Waals surface area contributed by atoms with Crippen LogP contribution in [-0.4, -0.2) is 28.7 Å². The van der Waals surface area contributed by atoms with Gasteiger partial charge in [-0.1, -0.05) is 66.2 Å². The number of carbonyl (C=O) groups excluding carboxylic acids is 3. The molecular weight excluding hydrogens is 512 g/mol. The number of rotatable bonds is 7. The maximum absolute atomic E-state index is 13.8. The number of anilines is 1. The van der Waals surface area contributed by atoms with Crippen LogP contribution in [0.5, 0.6) is 11.5 Å². The molecule has 7 atom stereocenters. The van der Waals surface area contributed by atoms with Crippen LogP contribution < -0.4 is 10.1 Å². The molecule has 3 aromatic carbocycles. The summed E-state index contributed by atoms with van der Waals surface area (Å²) in [6, 6.07) is 22.7. The van der Waals surface area contributed by atoms with Crippen molar-refractivity contribution in [3.8, 4) is 11.5 Å². The molecule has 4 aliphatic carbocycles. The highest BCUT2D eigenvalue weighted by Crippen LogP contribution is 2.65. The third kappa shape index (κ3) is 4.14. The summed E-state index contributed by atoms with van der Waals surface area (Å²) in [5.74, 6) is 0.858. The molecule has 7 heteroatoms. The van der Waals surface area contributed by atoms with E-state index in [-0.39, 0.29) is 47.8 Å². The first-order valence-corrected chi connectivity index (χ1v) is 13.8. The van der Waals surface area contributed by atoms with Crippen molar-refractivity contribution >= 4 is 35.0 Å². The van der Waals surface area contributed by atoms with Gasteiger partial charge >= 0.3 is 0 Å². The molecule has 39 heavy (non-hydrogen) atoms. The summed E-state index contributed by atoms with van der Waals surface area (Å²) in [7, 11) is 0. The van der Waals surface area contributed by atoms with Crippen LogP contribution in [-0.2, 0) is 20.8 Å². The van der Waals surface area contributed by atoms with Crippen LogP contribution in [0.4, 0.5) is 5.69 Å². The normalized spacial score (nSPS) is 28.6. The Hall–Kier alpha value is -3.90. The summed E-state index contributed by atoms with van der Waals surface area (Å²) in [4.78, 5) is 42.6. The number of ether oxygens (including phenoxy) is 1. The Morgan fingerprint density at radius 3 is 2.13 bits per heavy atom. The predicted octanol–water partition coefficient (Wildman–Crippen LogP) is 5.74. The topological polar surface area (TPSA) is 75.7 Å². The second-order valence-corrected chi connectivity index (χ2v) is 11.4. The minimum atomic E-state index is -0.937. The monoisotopic (exact) mass is 538 g/mol. The fourth-order valence-corrected chi connectivity index (χ4v) is 7.09. The van der Waals surface area contributed by atoms with Gasteiger partial charge in [-0.25, -0.2) is 0 Å². The Balaban J connectivity index is 1.13. The van der Waals surface area contributed by atoms with E-state index in [1.165, 1.54) is 4.90 Å². The van der Waals surface area contributed by atoms with E-state index < -0.39 is 6.04 Å². The van der Waals surface area contributed by atoms with E-state index in [1.54, 1.807) is 36.4 Å². The average molecular weight is 539 g/mol. The van der Waals surface area contributed by atoms with Gasteiger partial charge in [-0.2, -0.15) is 0 Å². The van der Waals surface area contributed by atoms with Gasteiger partial charge in [0.05, 0.1) is 16.9 Å². The molecule has 1 saturated heterocycles. The zero-order valence-corrected chi connectivity index (χ0v) is 21.8. The van der Waals surface area contributed by atoms with Crippen molar-refractivity contribution in [2.45, 2.75) is 18.9 Å². The largest absolute Gasteiger partial charge is 0.456 e.